The number of rotatable bonds is 6. The zero-order chi connectivity index (χ0) is 19.4. The van der Waals surface area contributed by atoms with Gasteiger partial charge in [-0.15, -0.1) is 34.0 Å². The maximum absolute atomic E-state index is 12.2. The zero-order valence-corrected chi connectivity index (χ0v) is 16.2. The molecule has 0 bridgehead atoms. The van der Waals surface area contributed by atoms with Gasteiger partial charge in [0.15, 0.2) is 21.1 Å². The first kappa shape index (κ1) is 18.9. The van der Waals surface area contributed by atoms with E-state index in [1.54, 1.807) is 6.92 Å². The number of anilines is 3. The van der Waals surface area contributed by atoms with Gasteiger partial charge in [0.1, 0.15) is 11.4 Å². The molecule has 0 aliphatic rings. The minimum atomic E-state index is -0.560. The molecule has 2 amide bonds. The van der Waals surface area contributed by atoms with Crippen LogP contribution in [0.15, 0.2) is 16.1 Å². The number of nitrogen functional groups attached to an aromatic ring is 1. The molecule has 3 aromatic rings. The lowest BCUT2D eigenvalue weighted by Crippen LogP contribution is -2.14. The van der Waals surface area contributed by atoms with Crippen LogP contribution in [0.1, 0.15) is 38.4 Å². The first-order chi connectivity index (χ1) is 13.0. The molecule has 0 saturated carbocycles. The Hall–Kier alpha value is -2.90. The molecule has 13 heteroatoms. The number of ether oxygens (including phenoxy) is 1. The molecule has 3 aromatic heterocycles. The minimum absolute atomic E-state index is 0.0981. The van der Waals surface area contributed by atoms with Gasteiger partial charge in [0.05, 0.1) is 6.61 Å². The monoisotopic (exact) mass is 424 g/mol. The molecular formula is C14H12N6O4S3. The third-order valence-electron chi connectivity index (χ3n) is 2.92. The van der Waals surface area contributed by atoms with Crippen molar-refractivity contribution in [1.29, 1.82) is 0 Å². The Labute approximate surface area is 164 Å². The van der Waals surface area contributed by atoms with E-state index in [2.05, 4.69) is 25.6 Å². The number of hydrogen-bond acceptors (Lipinski definition) is 11. The second-order valence-corrected chi connectivity index (χ2v) is 7.38. The summed E-state index contributed by atoms with van der Waals surface area (Å²) in [5.41, 5.74) is 5.88. The number of thiazole rings is 3. The summed E-state index contributed by atoms with van der Waals surface area (Å²) < 4.78 is 4.84. The van der Waals surface area contributed by atoms with Crippen LogP contribution in [0.2, 0.25) is 0 Å². The summed E-state index contributed by atoms with van der Waals surface area (Å²) in [6, 6.07) is 0. The van der Waals surface area contributed by atoms with Crippen molar-refractivity contribution in [3.05, 3.63) is 33.2 Å². The molecule has 0 aromatic carbocycles. The molecular weight excluding hydrogens is 412 g/mol. The summed E-state index contributed by atoms with van der Waals surface area (Å²) in [5.74, 6) is -1.55. The van der Waals surface area contributed by atoms with Crippen LogP contribution in [0.5, 0.6) is 0 Å². The Morgan fingerprint density at radius 3 is 2.00 bits per heavy atom. The first-order valence-electron chi connectivity index (χ1n) is 7.38. The predicted molar refractivity (Wildman–Crippen MR) is 103 cm³/mol. The van der Waals surface area contributed by atoms with Crippen molar-refractivity contribution in [2.75, 3.05) is 23.0 Å². The van der Waals surface area contributed by atoms with Gasteiger partial charge in [-0.3, -0.25) is 20.2 Å². The van der Waals surface area contributed by atoms with E-state index < -0.39 is 17.8 Å². The van der Waals surface area contributed by atoms with Crippen LogP contribution < -0.4 is 16.4 Å². The molecule has 4 N–H and O–H groups in total. The van der Waals surface area contributed by atoms with Crippen molar-refractivity contribution in [2.45, 2.75) is 6.92 Å². The Morgan fingerprint density at radius 1 is 0.926 bits per heavy atom. The van der Waals surface area contributed by atoms with Crippen LogP contribution in [0.4, 0.5) is 15.4 Å². The Kier molecular flexibility index (Phi) is 5.73. The lowest BCUT2D eigenvalue weighted by atomic mass is 10.4. The van der Waals surface area contributed by atoms with Crippen LogP contribution in [-0.2, 0) is 4.74 Å². The van der Waals surface area contributed by atoms with E-state index in [1.165, 1.54) is 16.1 Å². The molecule has 3 heterocycles. The summed E-state index contributed by atoms with van der Waals surface area (Å²) >= 11 is 3.32. The summed E-state index contributed by atoms with van der Waals surface area (Å²) in [4.78, 5) is 47.7. The lowest BCUT2D eigenvalue weighted by Gasteiger charge is -1.99. The number of hydrogen-bond donors (Lipinski definition) is 3. The minimum Gasteiger partial charge on any atom is -0.461 e. The van der Waals surface area contributed by atoms with E-state index in [9.17, 15) is 14.4 Å². The van der Waals surface area contributed by atoms with Crippen LogP contribution in [0, 0.1) is 0 Å². The van der Waals surface area contributed by atoms with E-state index in [-0.39, 0.29) is 39.1 Å². The van der Waals surface area contributed by atoms with Crippen LogP contribution in [-0.4, -0.2) is 39.3 Å². The molecule has 0 aliphatic heterocycles. The largest absolute Gasteiger partial charge is 0.461 e. The third-order valence-corrected chi connectivity index (χ3v) is 5.11. The van der Waals surface area contributed by atoms with Crippen molar-refractivity contribution >= 4 is 67.2 Å². The molecule has 10 nitrogen and oxygen atoms in total. The van der Waals surface area contributed by atoms with E-state index >= 15 is 0 Å². The number of carbonyl (C=O) groups is 3. The number of esters is 1. The van der Waals surface area contributed by atoms with Gasteiger partial charge in [-0.25, -0.2) is 19.7 Å². The molecule has 0 unspecified atom stereocenters. The Morgan fingerprint density at radius 2 is 1.44 bits per heavy atom. The summed E-state index contributed by atoms with van der Waals surface area (Å²) in [5, 5.41) is 10.3. The average Bonchev–Trinajstić information content (AvgIpc) is 3.36. The van der Waals surface area contributed by atoms with Crippen LogP contribution >= 0.6 is 34.0 Å². The zero-order valence-electron chi connectivity index (χ0n) is 13.7. The fourth-order valence-corrected chi connectivity index (χ4v) is 3.68. The molecule has 0 atom stereocenters. The molecule has 0 saturated heterocycles. The SMILES string of the molecule is CCOC(=O)c1csc(NC(=O)c2csc(NC(=O)c3csc(N)n3)n2)n1. The molecule has 140 valence electrons. The van der Waals surface area contributed by atoms with Gasteiger partial charge in [0.2, 0.25) is 0 Å². The fraction of sp³-hybridized carbons (Fsp3) is 0.143. The summed E-state index contributed by atoms with van der Waals surface area (Å²) in [6.45, 7) is 1.92. The highest BCUT2D eigenvalue weighted by atomic mass is 32.1. The highest BCUT2D eigenvalue weighted by Gasteiger charge is 2.17. The summed E-state index contributed by atoms with van der Waals surface area (Å²) in [6.07, 6.45) is 0. The van der Waals surface area contributed by atoms with Crippen molar-refractivity contribution in [3.8, 4) is 0 Å². The highest BCUT2D eigenvalue weighted by molar-refractivity contribution is 7.15. The van der Waals surface area contributed by atoms with Gasteiger partial charge in [-0.05, 0) is 6.92 Å². The number of aromatic nitrogens is 3. The fourth-order valence-electron chi connectivity index (χ4n) is 1.78. The highest BCUT2D eigenvalue weighted by Crippen LogP contribution is 2.20. The smallest absolute Gasteiger partial charge is 0.357 e. The molecule has 0 aliphatic carbocycles. The van der Waals surface area contributed by atoms with Gasteiger partial charge < -0.3 is 10.5 Å². The Bertz CT molecular complexity index is 995. The number of carbonyl (C=O) groups excluding carboxylic acids is 3. The quantitative estimate of drug-likeness (QED) is 0.510. The van der Waals surface area contributed by atoms with Crippen molar-refractivity contribution in [3.63, 3.8) is 0 Å². The van der Waals surface area contributed by atoms with Crippen molar-refractivity contribution < 1.29 is 19.1 Å². The van der Waals surface area contributed by atoms with Gasteiger partial charge >= 0.3 is 5.97 Å². The van der Waals surface area contributed by atoms with E-state index in [0.717, 1.165) is 34.0 Å². The van der Waals surface area contributed by atoms with Gasteiger partial charge in [0.25, 0.3) is 11.8 Å². The van der Waals surface area contributed by atoms with Crippen molar-refractivity contribution in [1.82, 2.24) is 15.0 Å². The third kappa shape index (κ3) is 4.64. The second kappa shape index (κ2) is 8.20. The van der Waals surface area contributed by atoms with E-state index in [1.807, 2.05) is 0 Å². The summed E-state index contributed by atoms with van der Waals surface area (Å²) in [7, 11) is 0. The predicted octanol–water partition coefficient (Wildman–Crippen LogP) is 2.32. The standard InChI is InChI=1S/C14H12N6O4S3/c1-2-24-11(23)8-5-27-14(18-8)20-10(22)7-4-26-13(17-7)19-9(21)6-3-25-12(15)16-6/h3-5H,2H2,1H3,(H2,15,16)(H,17,19,21)(H,18,20,22). The second-order valence-electron chi connectivity index (χ2n) is 4.78. The molecule has 3 rings (SSSR count). The molecule has 0 radical (unpaired) electrons. The van der Waals surface area contributed by atoms with Gasteiger partial charge in [-0.1, -0.05) is 0 Å². The average molecular weight is 424 g/mol. The number of nitrogens with two attached hydrogens (primary N) is 1. The van der Waals surface area contributed by atoms with E-state index in [4.69, 9.17) is 10.5 Å². The first-order valence-corrected chi connectivity index (χ1v) is 10.0. The molecule has 27 heavy (non-hydrogen) atoms. The van der Waals surface area contributed by atoms with Crippen LogP contribution in [0.3, 0.4) is 0 Å². The normalized spacial score (nSPS) is 10.4. The number of nitrogens with one attached hydrogen (secondary N) is 2. The Balaban J connectivity index is 1.61. The van der Waals surface area contributed by atoms with Crippen molar-refractivity contribution in [2.24, 2.45) is 0 Å². The lowest BCUT2D eigenvalue weighted by molar-refractivity contribution is 0.0520. The number of amides is 2. The van der Waals surface area contributed by atoms with Gasteiger partial charge in [-0.2, -0.15) is 0 Å². The van der Waals surface area contributed by atoms with Crippen LogP contribution in [0.25, 0.3) is 0 Å². The molecule has 0 spiro atoms. The maximum atomic E-state index is 12.2. The maximum Gasteiger partial charge on any atom is 0.357 e. The van der Waals surface area contributed by atoms with Gasteiger partial charge in [0, 0.05) is 16.1 Å². The topological polar surface area (TPSA) is 149 Å². The molecule has 0 fully saturated rings. The van der Waals surface area contributed by atoms with E-state index in [0.29, 0.717) is 0 Å². The number of nitrogens with zero attached hydrogens (tertiary/aromatic N) is 3.